The number of nitrogens with zero attached hydrogens (tertiary/aromatic N) is 8. The molecule has 1 unspecified atom stereocenters. The van der Waals surface area contributed by atoms with E-state index in [4.69, 9.17) is 14.6 Å². The maximum atomic E-state index is 11.1. The number of azo groups is 1. The van der Waals surface area contributed by atoms with Crippen LogP contribution in [0, 0.1) is 59.2 Å². The minimum absolute atomic E-state index is 0.0350. The first-order valence-corrected chi connectivity index (χ1v) is 28.8. The lowest BCUT2D eigenvalue weighted by molar-refractivity contribution is -0.338. The van der Waals surface area contributed by atoms with Gasteiger partial charge < -0.3 is 23.8 Å². The molecule has 2 fully saturated rings. The number of hydrogen-bond donors (Lipinski definition) is 2. The highest BCUT2D eigenvalue weighted by Crippen LogP contribution is 2.27. The van der Waals surface area contributed by atoms with Crippen molar-refractivity contribution in [3.8, 4) is 23.7 Å². The van der Waals surface area contributed by atoms with Gasteiger partial charge in [0.25, 0.3) is 0 Å². The van der Waals surface area contributed by atoms with Gasteiger partial charge in [0.2, 0.25) is 0 Å². The average molecular weight is 1170 g/mol. The summed E-state index contributed by atoms with van der Waals surface area (Å²) in [6.45, 7) is 41.6. The second kappa shape index (κ2) is 47.6. The fourth-order valence-electron chi connectivity index (χ4n) is 4.96. The molecule has 0 amide bonds. The van der Waals surface area contributed by atoms with Crippen LogP contribution in [0.1, 0.15) is 205 Å². The molecule has 0 aromatic carbocycles. The van der Waals surface area contributed by atoms with Gasteiger partial charge in [-0.1, -0.05) is 125 Å². The lowest BCUT2D eigenvalue weighted by Gasteiger charge is -2.29. The molecule has 4 aromatic heterocycles. The van der Waals surface area contributed by atoms with Crippen molar-refractivity contribution in [3.63, 3.8) is 0 Å². The van der Waals surface area contributed by atoms with Crippen LogP contribution in [0.2, 0.25) is 0 Å². The summed E-state index contributed by atoms with van der Waals surface area (Å²) in [5.74, 6) is 18.0. The number of methoxy groups -OCH3 is 1. The van der Waals surface area contributed by atoms with Crippen molar-refractivity contribution in [2.24, 2.45) is 45.7 Å². The van der Waals surface area contributed by atoms with Crippen LogP contribution in [0.5, 0.6) is 0 Å². The summed E-state index contributed by atoms with van der Waals surface area (Å²) in [4.78, 5) is 4.13. The van der Waals surface area contributed by atoms with E-state index in [1.807, 2.05) is 38.7 Å². The highest BCUT2D eigenvalue weighted by Gasteiger charge is 2.30. The third-order valence-corrected chi connectivity index (χ3v) is 10.8. The van der Waals surface area contributed by atoms with E-state index in [9.17, 15) is 22.0 Å². The molecule has 464 valence electrons. The topological polar surface area (TPSA) is 180 Å². The van der Waals surface area contributed by atoms with Gasteiger partial charge in [0.1, 0.15) is 18.6 Å². The fourth-order valence-corrected chi connectivity index (χ4v) is 5.68. The molecule has 3 aliphatic rings. The number of allylic oxidation sites excluding steroid dienone is 1. The number of halogens is 5. The van der Waals surface area contributed by atoms with Crippen LogP contribution in [0.15, 0.2) is 68.5 Å². The zero-order valence-electron chi connectivity index (χ0n) is 52.8. The summed E-state index contributed by atoms with van der Waals surface area (Å²) in [6.07, 6.45) is 8.09. The molecule has 0 radical (unpaired) electrons. The molecule has 2 N–H and O–H groups in total. The van der Waals surface area contributed by atoms with Crippen molar-refractivity contribution in [2.75, 3.05) is 26.9 Å². The van der Waals surface area contributed by atoms with E-state index in [0.717, 1.165) is 42.2 Å². The van der Waals surface area contributed by atoms with Gasteiger partial charge in [-0.25, -0.2) is 9.67 Å². The number of aliphatic hydroxyl groups excluding tert-OH is 1. The summed E-state index contributed by atoms with van der Waals surface area (Å²) >= 11 is 1.66. The number of aliphatic hydroxyl groups is 1. The van der Waals surface area contributed by atoms with Gasteiger partial charge in [-0.15, -0.1) is 35.5 Å². The predicted molar refractivity (Wildman–Crippen MR) is 317 cm³/mol. The van der Waals surface area contributed by atoms with Crippen LogP contribution in [0.3, 0.4) is 0 Å². The van der Waals surface area contributed by atoms with Crippen LogP contribution in [0.4, 0.5) is 22.0 Å². The van der Waals surface area contributed by atoms with Crippen molar-refractivity contribution in [3.05, 3.63) is 76.2 Å². The molecule has 2 aliphatic heterocycles. The largest absolute Gasteiger partial charge is 0.522 e. The summed E-state index contributed by atoms with van der Waals surface area (Å²) in [5, 5.41) is 36.3. The molecular weight excluding hydrogens is 1070 g/mol. The number of rotatable bonds is 11. The smallest absolute Gasteiger partial charge is 0.390 e. The van der Waals surface area contributed by atoms with E-state index >= 15 is 0 Å². The van der Waals surface area contributed by atoms with E-state index in [-0.39, 0.29) is 12.7 Å². The van der Waals surface area contributed by atoms with E-state index in [1.165, 1.54) is 37.9 Å². The number of alkyl halides is 5. The third kappa shape index (κ3) is 51.7. The van der Waals surface area contributed by atoms with Gasteiger partial charge in [0, 0.05) is 54.0 Å². The minimum Gasteiger partial charge on any atom is -0.390 e. The molecule has 15 nitrogen and oxygen atoms in total. The van der Waals surface area contributed by atoms with Gasteiger partial charge in [-0.3, -0.25) is 9.84 Å². The first-order chi connectivity index (χ1) is 37.8. The first-order valence-electron chi connectivity index (χ1n) is 27.9. The highest BCUT2D eigenvalue weighted by molar-refractivity contribution is 7.07. The van der Waals surface area contributed by atoms with Gasteiger partial charge in [0.15, 0.2) is 0 Å². The van der Waals surface area contributed by atoms with Crippen LogP contribution >= 0.6 is 11.3 Å². The molecule has 6 heterocycles. The quantitative estimate of drug-likeness (QED) is 0.108. The number of hydrogen-bond acceptors (Lipinski definition) is 14. The number of aromatic nitrogens is 7. The molecule has 1 saturated carbocycles. The Hall–Kier alpha value is -4.90. The van der Waals surface area contributed by atoms with Gasteiger partial charge in [-0.2, -0.15) is 24.1 Å². The van der Waals surface area contributed by atoms with Crippen molar-refractivity contribution >= 4 is 11.3 Å². The number of nitrogens with one attached hydrogen (secondary N) is 1. The van der Waals surface area contributed by atoms with E-state index in [2.05, 4.69) is 187 Å². The molecule has 1 saturated heterocycles. The maximum Gasteiger partial charge on any atom is 0.522 e. The van der Waals surface area contributed by atoms with Crippen molar-refractivity contribution < 1.29 is 50.5 Å². The van der Waals surface area contributed by atoms with E-state index < -0.39 is 19.1 Å². The number of H-pyrrole nitrogens is 1. The number of aromatic amines is 1. The van der Waals surface area contributed by atoms with Crippen molar-refractivity contribution in [2.45, 2.75) is 220 Å². The van der Waals surface area contributed by atoms with Gasteiger partial charge in [0.05, 0.1) is 73.6 Å². The third-order valence-electron chi connectivity index (χ3n) is 10.2. The van der Waals surface area contributed by atoms with Crippen molar-refractivity contribution in [1.29, 1.82) is 0 Å². The number of ether oxygens (including phenoxy) is 4. The Kier molecular flexibility index (Phi) is 47.2. The normalized spacial score (nSPS) is 14.0. The lowest BCUT2D eigenvalue weighted by atomic mass is 9.95. The molecule has 0 bridgehead atoms. The summed E-state index contributed by atoms with van der Waals surface area (Å²) in [5.41, 5.74) is 7.17. The standard InChI is InChI=1S/C8H12.C7H12N2.C7H12O.C6H11N3O.C6H10N2.C6H9NO.C6H9NS.C6H12O.C4H7F3O.C4H8F2O/c1-7(2)3-4-8-5-6-8;1-5(2)7-4-6(3)8-9-7;1-7(2)5-4-6-8-3;1-5(2)9-3-6(4-10)7-8-9;2*1-5(2)6-3-7-8-4-6;1-5(2)6-3-8-4-7-6;1-5(2)6-3-7-4-6;1-3(2)8-4(5,6)7;1-3(2)7-4(5)6/h7-8H,5-6H2,1-2H3;4-5,7H,1-3H3;7H,6H2,1-3H3;3,5,10H,4H2,1-2H3;3-5H,1-2H3,(H,7,8);2*3-5H,1-2H3;5-6H,3-4H2,1-2H3;3H,1-2H3;3-4H,1-2H3. The average Bonchev–Trinajstić information content (AvgIpc) is 4.06. The van der Waals surface area contributed by atoms with Gasteiger partial charge >= 0.3 is 13.0 Å². The minimum atomic E-state index is -4.48. The second-order valence-corrected chi connectivity index (χ2v) is 22.5. The Morgan fingerprint density at radius 1 is 0.815 bits per heavy atom. The summed E-state index contributed by atoms with van der Waals surface area (Å²) < 4.78 is 78.8. The predicted octanol–water partition coefficient (Wildman–Crippen LogP) is 16.5. The summed E-state index contributed by atoms with van der Waals surface area (Å²) in [6, 6.07) is 0.651. The number of thiazole rings is 1. The molecule has 0 spiro atoms. The zero-order valence-corrected chi connectivity index (χ0v) is 53.6. The molecule has 81 heavy (non-hydrogen) atoms. The SMILES string of the molecule is CC(C)C#CC1CC1.CC(C)C1COC1.CC(C)OC(F)(F)F.CC(C)OC(F)F.CC(C)c1cn[nH]c1.CC(C)c1cnoc1.CC(C)c1cscn1.CC(C)n1cc(CO)nn1.CC1=CC(C(C)C)N=N1.COCC#CC(C)C. The van der Waals surface area contributed by atoms with Gasteiger partial charge in [-0.05, 0) is 103 Å². The Morgan fingerprint density at radius 2 is 1.42 bits per heavy atom. The Balaban J connectivity index is -0.000000836. The highest BCUT2D eigenvalue weighted by atomic mass is 32.1. The van der Waals surface area contributed by atoms with E-state index in [1.54, 1.807) is 55.6 Å². The van der Waals surface area contributed by atoms with Crippen LogP contribution < -0.4 is 0 Å². The van der Waals surface area contributed by atoms with Crippen LogP contribution in [0.25, 0.3) is 0 Å². The first kappa shape index (κ1) is 80.3. The molecule has 1 aliphatic carbocycles. The molecule has 4 aromatic rings. The fraction of sp³-hybridized carbons (Fsp3) is 0.717. The monoisotopic (exact) mass is 1170 g/mol. The van der Waals surface area contributed by atoms with Crippen molar-refractivity contribution in [1.82, 2.24) is 35.3 Å². The summed E-state index contributed by atoms with van der Waals surface area (Å²) in [7, 11) is 1.65. The second-order valence-electron chi connectivity index (χ2n) is 21.8. The Morgan fingerprint density at radius 3 is 1.63 bits per heavy atom. The molecule has 21 heteroatoms. The van der Waals surface area contributed by atoms with Crippen LogP contribution in [-0.2, 0) is 25.6 Å². The maximum absolute atomic E-state index is 11.1. The molecular formula is C60H102F5N9O6S. The van der Waals surface area contributed by atoms with E-state index in [0.29, 0.717) is 59.9 Å². The Labute approximate surface area is 487 Å². The van der Waals surface area contributed by atoms with Crippen LogP contribution in [-0.4, -0.2) is 98.6 Å². The molecule has 7 rings (SSSR count). The lowest BCUT2D eigenvalue weighted by Crippen LogP contribution is -2.31. The molecule has 1 atom stereocenters. The zero-order chi connectivity index (χ0) is 62.7. The Bertz CT molecular complexity index is 2110.